The zero-order chi connectivity index (χ0) is 15.5. The highest BCUT2D eigenvalue weighted by Crippen LogP contribution is 2.25. The summed E-state index contributed by atoms with van der Waals surface area (Å²) in [6.07, 6.45) is 0. The molecule has 0 aliphatic heterocycles. The number of benzene rings is 2. The van der Waals surface area contributed by atoms with Gasteiger partial charge in [0.1, 0.15) is 10.9 Å². The summed E-state index contributed by atoms with van der Waals surface area (Å²) in [5.41, 5.74) is 2.81. The Morgan fingerprint density at radius 3 is 2.50 bits per heavy atom. The number of hydrogen-bond acceptors (Lipinski definition) is 4. The summed E-state index contributed by atoms with van der Waals surface area (Å²) < 4.78 is 0. The van der Waals surface area contributed by atoms with E-state index in [0.29, 0.717) is 5.75 Å². The second-order valence-electron chi connectivity index (χ2n) is 5.17. The molecule has 2 aromatic carbocycles. The van der Waals surface area contributed by atoms with Gasteiger partial charge in [0.25, 0.3) is 0 Å². The zero-order valence-electron chi connectivity index (χ0n) is 12.5. The molecule has 3 rings (SSSR count). The van der Waals surface area contributed by atoms with E-state index >= 15 is 0 Å². The number of Topliss-reactive ketones (excluding diaryl/α,β-unsaturated/α-hetero) is 1. The van der Waals surface area contributed by atoms with Gasteiger partial charge in [0.2, 0.25) is 0 Å². The van der Waals surface area contributed by atoms with Crippen LogP contribution in [0.3, 0.4) is 0 Å². The van der Waals surface area contributed by atoms with Crippen molar-refractivity contribution in [2.45, 2.75) is 18.9 Å². The van der Waals surface area contributed by atoms with Crippen LogP contribution in [0.2, 0.25) is 0 Å². The first-order valence-electron chi connectivity index (χ1n) is 7.09. The fraction of sp³-hybridized carbons (Fsp3) is 0.167. The van der Waals surface area contributed by atoms with Crippen LogP contribution in [0.1, 0.15) is 21.7 Å². The maximum Gasteiger partial charge on any atom is 0.173 e. The third-order valence-corrected chi connectivity index (χ3v) is 4.38. The quantitative estimate of drug-likeness (QED) is 0.411. The summed E-state index contributed by atoms with van der Waals surface area (Å²) in [5.74, 6) is 1.22. The molecule has 0 aliphatic rings. The molecule has 0 amide bonds. The fourth-order valence-electron chi connectivity index (χ4n) is 2.23. The Kier molecular flexibility index (Phi) is 4.20. The summed E-state index contributed by atoms with van der Waals surface area (Å²) in [5, 5.41) is 1.86. The number of carbonyl (C=O) groups excluding carboxylic acids is 1. The third kappa shape index (κ3) is 3.17. The highest BCUT2D eigenvalue weighted by atomic mass is 32.2. The predicted octanol–water partition coefficient (Wildman–Crippen LogP) is 4.22. The number of carbonyl (C=O) groups is 1. The SMILES string of the molecule is Cc1ccc(C(=O)CSc2nc(C)nc3ccccc23)cc1. The topological polar surface area (TPSA) is 42.9 Å². The van der Waals surface area contributed by atoms with Crippen molar-refractivity contribution >= 4 is 28.4 Å². The Balaban J connectivity index is 1.82. The van der Waals surface area contributed by atoms with E-state index in [9.17, 15) is 4.79 Å². The number of thioether (sulfide) groups is 1. The molecule has 0 saturated carbocycles. The molecular formula is C18H16N2OS. The molecule has 110 valence electrons. The summed E-state index contributed by atoms with van der Waals surface area (Å²) in [6.45, 7) is 3.89. The molecule has 0 unspecified atom stereocenters. The average Bonchev–Trinajstić information content (AvgIpc) is 2.52. The van der Waals surface area contributed by atoms with E-state index < -0.39 is 0 Å². The second kappa shape index (κ2) is 6.28. The van der Waals surface area contributed by atoms with Crippen molar-refractivity contribution < 1.29 is 4.79 Å². The lowest BCUT2D eigenvalue weighted by Crippen LogP contribution is -2.03. The van der Waals surface area contributed by atoms with Gasteiger partial charge in [-0.2, -0.15) is 0 Å². The molecule has 0 fully saturated rings. The van der Waals surface area contributed by atoms with E-state index in [-0.39, 0.29) is 5.78 Å². The lowest BCUT2D eigenvalue weighted by Gasteiger charge is -2.06. The molecule has 0 bridgehead atoms. The van der Waals surface area contributed by atoms with E-state index in [1.165, 1.54) is 11.8 Å². The van der Waals surface area contributed by atoms with Gasteiger partial charge in [-0.3, -0.25) is 4.79 Å². The van der Waals surface area contributed by atoms with Gasteiger partial charge < -0.3 is 0 Å². The molecule has 0 atom stereocenters. The Morgan fingerprint density at radius 2 is 1.73 bits per heavy atom. The zero-order valence-corrected chi connectivity index (χ0v) is 13.4. The maximum absolute atomic E-state index is 12.3. The third-order valence-electron chi connectivity index (χ3n) is 3.39. The highest BCUT2D eigenvalue weighted by Gasteiger charge is 2.10. The number of aryl methyl sites for hydroxylation is 2. The van der Waals surface area contributed by atoms with Crippen LogP contribution in [0.15, 0.2) is 53.6 Å². The van der Waals surface area contributed by atoms with E-state index in [2.05, 4.69) is 9.97 Å². The summed E-state index contributed by atoms with van der Waals surface area (Å²) >= 11 is 1.47. The van der Waals surface area contributed by atoms with Gasteiger partial charge in [-0.05, 0) is 19.9 Å². The smallest absolute Gasteiger partial charge is 0.173 e. The Morgan fingerprint density at radius 1 is 1.00 bits per heavy atom. The van der Waals surface area contributed by atoms with Gasteiger partial charge in [0.05, 0.1) is 11.3 Å². The molecular weight excluding hydrogens is 292 g/mol. The minimum absolute atomic E-state index is 0.116. The first kappa shape index (κ1) is 14.7. The molecule has 0 saturated heterocycles. The molecule has 1 heterocycles. The molecule has 3 aromatic rings. The highest BCUT2D eigenvalue weighted by molar-refractivity contribution is 8.00. The van der Waals surface area contributed by atoms with Crippen LogP contribution in [0.5, 0.6) is 0 Å². The van der Waals surface area contributed by atoms with E-state index in [1.807, 2.05) is 62.4 Å². The van der Waals surface area contributed by atoms with Crippen LogP contribution < -0.4 is 0 Å². The number of aromatic nitrogens is 2. The van der Waals surface area contributed by atoms with Gasteiger partial charge in [0.15, 0.2) is 5.78 Å². The summed E-state index contributed by atoms with van der Waals surface area (Å²) in [6, 6.07) is 15.6. The predicted molar refractivity (Wildman–Crippen MR) is 90.5 cm³/mol. The largest absolute Gasteiger partial charge is 0.293 e. The van der Waals surface area contributed by atoms with Gasteiger partial charge in [-0.1, -0.05) is 59.8 Å². The monoisotopic (exact) mass is 308 g/mol. The average molecular weight is 308 g/mol. The Hall–Kier alpha value is -2.20. The van der Waals surface area contributed by atoms with Crippen molar-refractivity contribution in [2.24, 2.45) is 0 Å². The number of rotatable bonds is 4. The van der Waals surface area contributed by atoms with E-state index in [0.717, 1.165) is 32.9 Å². The number of ketones is 1. The molecule has 0 spiro atoms. The molecule has 0 radical (unpaired) electrons. The first-order chi connectivity index (χ1) is 10.6. The van der Waals surface area contributed by atoms with Crippen molar-refractivity contribution in [1.82, 2.24) is 9.97 Å². The van der Waals surface area contributed by atoms with Crippen molar-refractivity contribution in [1.29, 1.82) is 0 Å². The number of para-hydroxylation sites is 1. The van der Waals surface area contributed by atoms with Crippen molar-refractivity contribution in [3.05, 3.63) is 65.5 Å². The van der Waals surface area contributed by atoms with Crippen LogP contribution in [-0.2, 0) is 0 Å². The maximum atomic E-state index is 12.3. The molecule has 0 N–H and O–H groups in total. The number of fused-ring (bicyclic) bond motifs is 1. The van der Waals surface area contributed by atoms with Crippen molar-refractivity contribution in [3.63, 3.8) is 0 Å². The van der Waals surface area contributed by atoms with Crippen LogP contribution in [0.4, 0.5) is 0 Å². The lowest BCUT2D eigenvalue weighted by atomic mass is 10.1. The van der Waals surface area contributed by atoms with Crippen LogP contribution >= 0.6 is 11.8 Å². The van der Waals surface area contributed by atoms with E-state index in [4.69, 9.17) is 0 Å². The van der Waals surface area contributed by atoms with Crippen LogP contribution in [0, 0.1) is 13.8 Å². The number of hydrogen-bond donors (Lipinski definition) is 0. The standard InChI is InChI=1S/C18H16N2OS/c1-12-7-9-14(10-8-12)17(21)11-22-18-15-5-3-4-6-16(15)19-13(2)20-18/h3-10H,11H2,1-2H3. The normalized spacial score (nSPS) is 10.8. The van der Waals surface area contributed by atoms with Gasteiger partial charge in [-0.15, -0.1) is 0 Å². The minimum Gasteiger partial charge on any atom is -0.293 e. The van der Waals surface area contributed by atoms with Gasteiger partial charge in [0, 0.05) is 10.9 Å². The molecule has 22 heavy (non-hydrogen) atoms. The van der Waals surface area contributed by atoms with Crippen LogP contribution in [0.25, 0.3) is 10.9 Å². The summed E-state index contributed by atoms with van der Waals surface area (Å²) in [7, 11) is 0. The van der Waals surface area contributed by atoms with Gasteiger partial charge >= 0.3 is 0 Å². The Labute approximate surface area is 133 Å². The van der Waals surface area contributed by atoms with Crippen LogP contribution in [-0.4, -0.2) is 21.5 Å². The molecule has 0 aliphatic carbocycles. The summed E-state index contributed by atoms with van der Waals surface area (Å²) in [4.78, 5) is 21.2. The molecule has 4 heteroatoms. The minimum atomic E-state index is 0.116. The van der Waals surface area contributed by atoms with Crippen molar-refractivity contribution in [2.75, 3.05) is 5.75 Å². The van der Waals surface area contributed by atoms with Gasteiger partial charge in [-0.25, -0.2) is 9.97 Å². The fourth-order valence-corrected chi connectivity index (χ4v) is 3.18. The first-order valence-corrected chi connectivity index (χ1v) is 8.08. The number of nitrogens with zero attached hydrogens (tertiary/aromatic N) is 2. The molecule has 1 aromatic heterocycles. The molecule has 3 nitrogen and oxygen atoms in total. The lowest BCUT2D eigenvalue weighted by molar-refractivity contribution is 0.102. The van der Waals surface area contributed by atoms with E-state index in [1.54, 1.807) is 0 Å². The van der Waals surface area contributed by atoms with Crippen molar-refractivity contribution in [3.8, 4) is 0 Å². The Bertz CT molecular complexity index is 828. The second-order valence-corrected chi connectivity index (χ2v) is 6.14.